The van der Waals surface area contributed by atoms with Crippen LogP contribution in [-0.2, 0) is 0 Å². The highest BCUT2D eigenvalue weighted by atomic mass is 28.3. The fourth-order valence-electron chi connectivity index (χ4n) is 4.24. The van der Waals surface area contributed by atoms with Gasteiger partial charge in [-0.1, -0.05) is 163 Å². The molecular formula is C30H52Si. The molecule has 0 aliphatic carbocycles. The van der Waals surface area contributed by atoms with E-state index in [4.69, 9.17) is 0 Å². The third-order valence-corrected chi connectivity index (χ3v) is 8.85. The van der Waals surface area contributed by atoms with Crippen LogP contribution >= 0.6 is 0 Å². The van der Waals surface area contributed by atoms with Crippen molar-refractivity contribution in [2.45, 2.75) is 129 Å². The van der Waals surface area contributed by atoms with Crippen LogP contribution in [0, 0.1) is 0 Å². The summed E-state index contributed by atoms with van der Waals surface area (Å²) in [6.45, 7) is 4.59. The molecular weight excluding hydrogens is 388 g/mol. The largest absolute Gasteiger partial charge is 0.117 e. The Morgan fingerprint density at radius 2 is 0.903 bits per heavy atom. The molecule has 0 N–H and O–H groups in total. The van der Waals surface area contributed by atoms with Gasteiger partial charge in [0.05, 0.1) is 0 Å². The van der Waals surface area contributed by atoms with Gasteiger partial charge in [0.15, 0.2) is 0 Å². The monoisotopic (exact) mass is 440 g/mol. The fourth-order valence-corrected chi connectivity index (χ4v) is 6.45. The standard InChI is InChI=1S/C30H52Si/c1-3-5-7-9-11-13-15-17-19-24-28-31(30-26-22-21-23-27-30)29-25-20-18-16-14-12-10-8-6-4-2/h21-29,31H,3-20H2,1-2H3. The second-order valence-electron chi connectivity index (χ2n) is 9.32. The van der Waals surface area contributed by atoms with Crippen molar-refractivity contribution in [3.8, 4) is 0 Å². The molecule has 0 bridgehead atoms. The maximum atomic E-state index is 2.57. The molecule has 0 atom stereocenters. The quantitative estimate of drug-likeness (QED) is 0.132. The first kappa shape index (κ1) is 28.0. The van der Waals surface area contributed by atoms with Crippen LogP contribution in [0.2, 0.25) is 0 Å². The van der Waals surface area contributed by atoms with Gasteiger partial charge in [0.25, 0.3) is 0 Å². The lowest BCUT2D eigenvalue weighted by Gasteiger charge is -2.07. The normalized spacial score (nSPS) is 12.8. The summed E-state index contributed by atoms with van der Waals surface area (Å²) in [5, 5.41) is 1.56. The summed E-state index contributed by atoms with van der Waals surface area (Å²) in [5.74, 6) is 0. The molecule has 0 saturated carbocycles. The molecule has 1 aromatic rings. The van der Waals surface area contributed by atoms with Crippen LogP contribution in [0.25, 0.3) is 0 Å². The highest BCUT2D eigenvalue weighted by molar-refractivity contribution is 6.82. The molecule has 0 nitrogen and oxygen atoms in total. The van der Waals surface area contributed by atoms with Gasteiger partial charge in [0.2, 0.25) is 0 Å². The first-order chi connectivity index (χ1) is 15.4. The number of rotatable bonds is 21. The Labute approximate surface area is 197 Å². The third kappa shape index (κ3) is 17.2. The molecule has 0 unspecified atom stereocenters. The number of benzene rings is 1. The van der Waals surface area contributed by atoms with Crippen molar-refractivity contribution in [1.29, 1.82) is 0 Å². The van der Waals surface area contributed by atoms with Crippen molar-refractivity contribution in [1.82, 2.24) is 0 Å². The Kier molecular flexibility index (Phi) is 19.9. The van der Waals surface area contributed by atoms with Crippen molar-refractivity contribution < 1.29 is 0 Å². The molecule has 0 heterocycles. The smallest absolute Gasteiger partial charge is 0.0933 e. The van der Waals surface area contributed by atoms with Crippen LogP contribution in [0.4, 0.5) is 0 Å². The number of unbranched alkanes of at least 4 members (excludes halogenated alkanes) is 16. The van der Waals surface area contributed by atoms with Gasteiger partial charge in [-0.3, -0.25) is 0 Å². The Morgan fingerprint density at radius 3 is 1.32 bits per heavy atom. The minimum atomic E-state index is -1.11. The molecule has 0 amide bonds. The topological polar surface area (TPSA) is 0 Å². The molecule has 1 heteroatoms. The predicted octanol–water partition coefficient (Wildman–Crippen LogP) is 9.37. The summed E-state index contributed by atoms with van der Waals surface area (Å²) in [6.07, 6.45) is 30.1. The highest BCUT2D eigenvalue weighted by Crippen LogP contribution is 2.11. The SMILES string of the molecule is CCCCCCCCCCC=C[SiH](C=CCCCCCCCCCC)c1ccccc1. The van der Waals surface area contributed by atoms with Gasteiger partial charge < -0.3 is 0 Å². The first-order valence-electron chi connectivity index (χ1n) is 13.8. The van der Waals surface area contributed by atoms with E-state index in [-0.39, 0.29) is 0 Å². The number of allylic oxidation sites excluding steroid dienone is 2. The van der Waals surface area contributed by atoms with E-state index in [1.807, 2.05) is 0 Å². The van der Waals surface area contributed by atoms with E-state index in [1.54, 1.807) is 5.19 Å². The zero-order valence-electron chi connectivity index (χ0n) is 21.0. The summed E-state index contributed by atoms with van der Waals surface area (Å²) in [4.78, 5) is 0. The second kappa shape index (κ2) is 22.1. The predicted molar refractivity (Wildman–Crippen MR) is 146 cm³/mol. The molecule has 0 radical (unpaired) electrons. The highest BCUT2D eigenvalue weighted by Gasteiger charge is 2.05. The average molecular weight is 441 g/mol. The van der Waals surface area contributed by atoms with Crippen molar-refractivity contribution in [2.24, 2.45) is 0 Å². The van der Waals surface area contributed by atoms with Gasteiger partial charge in [-0.15, -0.1) is 0 Å². The molecule has 0 spiro atoms. The van der Waals surface area contributed by atoms with Crippen LogP contribution in [0.3, 0.4) is 0 Å². The summed E-state index contributed by atoms with van der Waals surface area (Å²) in [5.41, 5.74) is 5.14. The summed E-state index contributed by atoms with van der Waals surface area (Å²) in [6, 6.07) is 11.2. The number of hydrogen-bond acceptors (Lipinski definition) is 0. The molecule has 176 valence electrons. The maximum Gasteiger partial charge on any atom is 0.117 e. The minimum Gasteiger partial charge on any atom is -0.0933 e. The van der Waals surface area contributed by atoms with Crippen LogP contribution in [0.15, 0.2) is 53.9 Å². The van der Waals surface area contributed by atoms with Gasteiger partial charge in [-0.25, -0.2) is 0 Å². The second-order valence-corrected chi connectivity index (χ2v) is 11.8. The maximum absolute atomic E-state index is 2.57. The van der Waals surface area contributed by atoms with Gasteiger partial charge in [0.1, 0.15) is 8.80 Å². The van der Waals surface area contributed by atoms with Gasteiger partial charge in [-0.05, 0) is 25.7 Å². The Hall–Kier alpha value is -1.08. The Bertz CT molecular complexity index is 501. The fraction of sp³-hybridized carbons (Fsp3) is 0.667. The summed E-state index contributed by atoms with van der Waals surface area (Å²) in [7, 11) is -1.11. The van der Waals surface area contributed by atoms with Crippen molar-refractivity contribution in [2.75, 3.05) is 0 Å². The van der Waals surface area contributed by atoms with E-state index in [1.165, 1.54) is 116 Å². The molecule has 0 saturated heterocycles. The Balaban J connectivity index is 2.24. The number of hydrogen-bond donors (Lipinski definition) is 0. The van der Waals surface area contributed by atoms with Crippen molar-refractivity contribution in [3.63, 3.8) is 0 Å². The van der Waals surface area contributed by atoms with E-state index < -0.39 is 8.80 Å². The van der Waals surface area contributed by atoms with Crippen LogP contribution in [0.5, 0.6) is 0 Å². The minimum absolute atomic E-state index is 1.11. The van der Waals surface area contributed by atoms with Gasteiger partial charge in [0, 0.05) is 0 Å². The molecule has 0 aromatic heterocycles. The van der Waals surface area contributed by atoms with E-state index >= 15 is 0 Å². The summed E-state index contributed by atoms with van der Waals surface area (Å²) >= 11 is 0. The molecule has 0 fully saturated rings. The van der Waals surface area contributed by atoms with E-state index in [2.05, 4.69) is 67.7 Å². The average Bonchev–Trinajstić information content (AvgIpc) is 2.80. The summed E-state index contributed by atoms with van der Waals surface area (Å²) < 4.78 is 0. The van der Waals surface area contributed by atoms with Gasteiger partial charge in [-0.2, -0.15) is 0 Å². The molecule has 1 aromatic carbocycles. The first-order valence-corrected chi connectivity index (χ1v) is 15.7. The van der Waals surface area contributed by atoms with E-state index in [0.29, 0.717) is 0 Å². The third-order valence-electron chi connectivity index (χ3n) is 6.32. The molecule has 31 heavy (non-hydrogen) atoms. The Morgan fingerprint density at radius 1 is 0.516 bits per heavy atom. The van der Waals surface area contributed by atoms with Crippen molar-refractivity contribution in [3.05, 3.63) is 53.9 Å². The van der Waals surface area contributed by atoms with Crippen LogP contribution in [-0.4, -0.2) is 8.80 Å². The van der Waals surface area contributed by atoms with E-state index in [9.17, 15) is 0 Å². The van der Waals surface area contributed by atoms with Crippen molar-refractivity contribution >= 4 is 14.0 Å². The van der Waals surface area contributed by atoms with E-state index in [0.717, 1.165) is 0 Å². The molecule has 0 aliphatic heterocycles. The molecule has 1 rings (SSSR count). The molecule has 0 aliphatic rings. The zero-order chi connectivity index (χ0) is 22.2. The lowest BCUT2D eigenvalue weighted by Crippen LogP contribution is -2.25. The van der Waals surface area contributed by atoms with Crippen LogP contribution in [0.1, 0.15) is 129 Å². The van der Waals surface area contributed by atoms with Gasteiger partial charge >= 0.3 is 0 Å². The lowest BCUT2D eigenvalue weighted by molar-refractivity contribution is 0.577. The van der Waals surface area contributed by atoms with Crippen LogP contribution < -0.4 is 5.19 Å². The lowest BCUT2D eigenvalue weighted by atomic mass is 10.1. The zero-order valence-corrected chi connectivity index (χ0v) is 22.2.